The topological polar surface area (TPSA) is 57.7 Å². The SMILES string of the molecule is O=C1[C@@H]2[C@H]3CC[C@@H](C3)[C@H]2C(=O)N1CC(=O)N(c1ccccc1)c1ccccc1. The summed E-state index contributed by atoms with van der Waals surface area (Å²) >= 11 is 0. The van der Waals surface area contributed by atoms with Crippen molar-refractivity contribution >= 4 is 29.1 Å². The molecule has 1 heterocycles. The lowest BCUT2D eigenvalue weighted by Crippen LogP contribution is -2.42. The average molecular weight is 374 g/mol. The van der Waals surface area contributed by atoms with Crippen LogP contribution in [0.5, 0.6) is 0 Å². The zero-order valence-corrected chi connectivity index (χ0v) is 15.5. The van der Waals surface area contributed by atoms with Crippen molar-refractivity contribution in [2.45, 2.75) is 19.3 Å². The van der Waals surface area contributed by atoms with Crippen molar-refractivity contribution in [3.8, 4) is 0 Å². The van der Waals surface area contributed by atoms with Gasteiger partial charge in [0.2, 0.25) is 11.8 Å². The van der Waals surface area contributed by atoms with Crippen LogP contribution >= 0.6 is 0 Å². The quantitative estimate of drug-likeness (QED) is 0.771. The van der Waals surface area contributed by atoms with E-state index in [0.717, 1.165) is 30.6 Å². The molecule has 3 fully saturated rings. The largest absolute Gasteiger partial charge is 0.280 e. The first kappa shape index (κ1) is 17.2. The molecule has 0 aromatic heterocycles. The van der Waals surface area contributed by atoms with Gasteiger partial charge in [0.25, 0.3) is 5.91 Å². The van der Waals surface area contributed by atoms with E-state index in [1.165, 1.54) is 4.90 Å². The van der Waals surface area contributed by atoms with Crippen LogP contribution in [0.4, 0.5) is 11.4 Å². The normalized spacial score (nSPS) is 27.9. The molecular formula is C23H22N2O3. The van der Waals surface area contributed by atoms with Gasteiger partial charge in [0.05, 0.1) is 11.8 Å². The molecule has 5 rings (SSSR count). The van der Waals surface area contributed by atoms with Gasteiger partial charge in [-0.25, -0.2) is 0 Å². The molecule has 0 radical (unpaired) electrons. The maximum Gasteiger partial charge on any atom is 0.251 e. The van der Waals surface area contributed by atoms with Crippen LogP contribution < -0.4 is 4.90 Å². The molecule has 3 aliphatic rings. The van der Waals surface area contributed by atoms with Crippen LogP contribution in [0.25, 0.3) is 0 Å². The number of likely N-dealkylation sites (tertiary alicyclic amines) is 1. The highest BCUT2D eigenvalue weighted by atomic mass is 16.2. The second-order valence-corrected chi connectivity index (χ2v) is 8.05. The average Bonchev–Trinajstić information content (AvgIpc) is 3.40. The predicted octanol–water partition coefficient (Wildman–Crippen LogP) is 3.38. The molecule has 1 saturated heterocycles. The van der Waals surface area contributed by atoms with Gasteiger partial charge in [-0.2, -0.15) is 0 Å². The maximum absolute atomic E-state index is 13.3. The number of fused-ring (bicyclic) bond motifs is 5. The third-order valence-corrected chi connectivity index (χ3v) is 6.59. The third-order valence-electron chi connectivity index (χ3n) is 6.59. The molecule has 2 bridgehead atoms. The summed E-state index contributed by atoms with van der Waals surface area (Å²) in [5.74, 6) is -0.293. The molecule has 4 atom stereocenters. The minimum atomic E-state index is -0.272. The molecule has 2 saturated carbocycles. The molecule has 5 heteroatoms. The van der Waals surface area contributed by atoms with Gasteiger partial charge in [-0.15, -0.1) is 0 Å². The number of rotatable bonds is 4. The van der Waals surface area contributed by atoms with E-state index in [0.29, 0.717) is 11.8 Å². The number of benzene rings is 2. The van der Waals surface area contributed by atoms with Crippen LogP contribution in [0.2, 0.25) is 0 Å². The van der Waals surface area contributed by atoms with E-state index in [2.05, 4.69) is 0 Å². The molecule has 2 aliphatic carbocycles. The van der Waals surface area contributed by atoms with E-state index in [9.17, 15) is 14.4 Å². The van der Waals surface area contributed by atoms with Crippen LogP contribution in [0.1, 0.15) is 19.3 Å². The Morgan fingerprint density at radius 3 is 1.75 bits per heavy atom. The Labute approximate surface area is 163 Å². The van der Waals surface area contributed by atoms with Crippen molar-refractivity contribution in [3.05, 3.63) is 60.7 Å². The lowest BCUT2D eigenvalue weighted by atomic mass is 9.81. The first-order valence-electron chi connectivity index (χ1n) is 9.93. The van der Waals surface area contributed by atoms with Gasteiger partial charge in [-0.05, 0) is 55.4 Å². The van der Waals surface area contributed by atoms with Gasteiger partial charge in [0.15, 0.2) is 0 Å². The number of carbonyl (C=O) groups excluding carboxylic acids is 3. The Kier molecular flexibility index (Phi) is 4.04. The number of hydrogen-bond donors (Lipinski definition) is 0. The summed E-state index contributed by atoms with van der Waals surface area (Å²) < 4.78 is 0. The zero-order valence-electron chi connectivity index (χ0n) is 15.5. The van der Waals surface area contributed by atoms with Crippen LogP contribution in [-0.2, 0) is 14.4 Å². The van der Waals surface area contributed by atoms with Crippen molar-refractivity contribution < 1.29 is 14.4 Å². The second-order valence-electron chi connectivity index (χ2n) is 8.05. The van der Waals surface area contributed by atoms with Gasteiger partial charge in [0, 0.05) is 11.4 Å². The summed E-state index contributed by atoms with van der Waals surface area (Å²) in [5, 5.41) is 0. The van der Waals surface area contributed by atoms with E-state index >= 15 is 0 Å². The smallest absolute Gasteiger partial charge is 0.251 e. The summed E-state index contributed by atoms with van der Waals surface area (Å²) in [6, 6.07) is 18.7. The van der Waals surface area contributed by atoms with Gasteiger partial charge < -0.3 is 0 Å². The van der Waals surface area contributed by atoms with E-state index in [1.807, 2.05) is 60.7 Å². The molecule has 2 aromatic rings. The number of carbonyl (C=O) groups is 3. The van der Waals surface area contributed by atoms with Gasteiger partial charge in [-0.3, -0.25) is 24.2 Å². The van der Waals surface area contributed by atoms with Crippen LogP contribution in [0.15, 0.2) is 60.7 Å². The first-order valence-corrected chi connectivity index (χ1v) is 9.93. The molecule has 28 heavy (non-hydrogen) atoms. The molecule has 0 spiro atoms. The highest BCUT2D eigenvalue weighted by molar-refractivity contribution is 6.11. The highest BCUT2D eigenvalue weighted by Crippen LogP contribution is 2.56. The molecule has 1 aliphatic heterocycles. The molecule has 3 amide bonds. The predicted molar refractivity (Wildman–Crippen MR) is 105 cm³/mol. The third kappa shape index (κ3) is 2.57. The van der Waals surface area contributed by atoms with Gasteiger partial charge in [0.1, 0.15) is 6.54 Å². The van der Waals surface area contributed by atoms with Gasteiger partial charge >= 0.3 is 0 Å². The monoisotopic (exact) mass is 374 g/mol. The molecule has 142 valence electrons. The number of anilines is 2. The fraction of sp³-hybridized carbons (Fsp3) is 0.348. The summed E-state index contributed by atoms with van der Waals surface area (Å²) in [5.41, 5.74) is 1.44. The summed E-state index contributed by atoms with van der Waals surface area (Å²) in [6.07, 6.45) is 3.06. The lowest BCUT2D eigenvalue weighted by Gasteiger charge is -2.25. The Balaban J connectivity index is 1.43. The fourth-order valence-electron chi connectivity index (χ4n) is 5.42. The van der Waals surface area contributed by atoms with E-state index in [4.69, 9.17) is 0 Å². The summed E-state index contributed by atoms with van der Waals surface area (Å²) in [4.78, 5) is 42.0. The maximum atomic E-state index is 13.3. The summed E-state index contributed by atoms with van der Waals surface area (Å²) in [7, 11) is 0. The molecule has 0 N–H and O–H groups in total. The number of amides is 3. The Morgan fingerprint density at radius 1 is 0.821 bits per heavy atom. The van der Waals surface area contributed by atoms with Crippen molar-refractivity contribution in [3.63, 3.8) is 0 Å². The Bertz CT molecular complexity index is 860. The van der Waals surface area contributed by atoms with Crippen LogP contribution in [0.3, 0.4) is 0 Å². The minimum absolute atomic E-state index is 0.142. The lowest BCUT2D eigenvalue weighted by molar-refractivity contribution is -0.143. The van der Waals surface area contributed by atoms with E-state index < -0.39 is 0 Å². The van der Waals surface area contributed by atoms with Crippen molar-refractivity contribution in [2.24, 2.45) is 23.7 Å². The fourth-order valence-corrected chi connectivity index (χ4v) is 5.42. The standard InChI is InChI=1S/C23H22N2O3/c26-19(25(17-7-3-1-4-8-17)18-9-5-2-6-10-18)14-24-22(27)20-15-11-12-16(13-15)21(20)23(24)28/h1-10,15-16,20-21H,11-14H2/t15-,16-,20+,21+/m0/s1. The van der Waals surface area contributed by atoms with E-state index in [1.54, 1.807) is 4.90 Å². The second kappa shape index (κ2) is 6.59. The number of nitrogens with zero attached hydrogens (tertiary/aromatic N) is 2. The van der Waals surface area contributed by atoms with Crippen molar-refractivity contribution in [1.29, 1.82) is 0 Å². The molecular weight excluding hydrogens is 352 g/mol. The minimum Gasteiger partial charge on any atom is -0.280 e. The molecule has 0 unspecified atom stereocenters. The van der Waals surface area contributed by atoms with Crippen LogP contribution in [0, 0.1) is 23.7 Å². The number of para-hydroxylation sites is 2. The number of hydrogen-bond acceptors (Lipinski definition) is 3. The summed E-state index contributed by atoms with van der Waals surface area (Å²) in [6.45, 7) is -0.201. The van der Waals surface area contributed by atoms with Crippen molar-refractivity contribution in [1.82, 2.24) is 4.90 Å². The van der Waals surface area contributed by atoms with Crippen molar-refractivity contribution in [2.75, 3.05) is 11.4 Å². The molecule has 2 aromatic carbocycles. The highest BCUT2D eigenvalue weighted by Gasteiger charge is 2.61. The first-order chi connectivity index (χ1) is 13.6. The van der Waals surface area contributed by atoms with E-state index in [-0.39, 0.29) is 36.1 Å². The number of imide groups is 1. The van der Waals surface area contributed by atoms with Gasteiger partial charge in [-0.1, -0.05) is 36.4 Å². The zero-order chi connectivity index (χ0) is 19.3. The Hall–Kier alpha value is -2.95. The van der Waals surface area contributed by atoms with Crippen LogP contribution in [-0.4, -0.2) is 29.2 Å². The molecule has 5 nitrogen and oxygen atoms in total. The Morgan fingerprint density at radius 2 is 1.29 bits per heavy atom.